The number of aldehydes is 1. The Kier molecular flexibility index (Phi) is 6.46. The van der Waals surface area contributed by atoms with Crippen molar-refractivity contribution in [2.45, 2.75) is 45.1 Å². The molecule has 3 nitrogen and oxygen atoms in total. The monoisotopic (exact) mass is 305 g/mol. The van der Waals surface area contributed by atoms with Crippen molar-refractivity contribution in [3.05, 3.63) is 35.4 Å². The fourth-order valence-electron chi connectivity index (χ4n) is 2.52. The van der Waals surface area contributed by atoms with Crippen molar-refractivity contribution in [2.24, 2.45) is 5.92 Å². The zero-order valence-corrected chi connectivity index (χ0v) is 13.3. The molecule has 1 aromatic rings. The van der Waals surface area contributed by atoms with Crippen LogP contribution in [0.2, 0.25) is 0 Å². The smallest absolute Gasteiger partial charge is 0.151 e. The minimum absolute atomic E-state index is 0.146. The number of aryl methyl sites for hydroxylation is 2. The van der Waals surface area contributed by atoms with E-state index in [-0.39, 0.29) is 17.7 Å². The molecule has 114 valence electrons. The zero-order valence-electron chi connectivity index (χ0n) is 12.5. The molecule has 0 saturated carbocycles. The number of rotatable bonds is 8. The van der Waals surface area contributed by atoms with Gasteiger partial charge in [0.25, 0.3) is 0 Å². The van der Waals surface area contributed by atoms with Crippen molar-refractivity contribution in [1.29, 1.82) is 0 Å². The molecular weight excluding hydrogens is 282 g/mol. The normalized spacial score (nSPS) is 21.4. The average Bonchev–Trinajstić information content (AvgIpc) is 3.00. The van der Waals surface area contributed by atoms with Gasteiger partial charge in [0.15, 0.2) is 5.78 Å². The van der Waals surface area contributed by atoms with Gasteiger partial charge in [0.05, 0.1) is 6.04 Å². The maximum Gasteiger partial charge on any atom is 0.151 e. The first kappa shape index (κ1) is 16.2. The Bertz CT molecular complexity index is 472. The van der Waals surface area contributed by atoms with Gasteiger partial charge in [-0.2, -0.15) is 0 Å². The van der Waals surface area contributed by atoms with E-state index in [4.69, 9.17) is 0 Å². The van der Waals surface area contributed by atoms with Gasteiger partial charge in [-0.1, -0.05) is 49.6 Å². The van der Waals surface area contributed by atoms with E-state index in [1.165, 1.54) is 35.9 Å². The van der Waals surface area contributed by atoms with Crippen molar-refractivity contribution in [3.8, 4) is 0 Å². The van der Waals surface area contributed by atoms with Gasteiger partial charge in [-0.3, -0.25) is 9.52 Å². The van der Waals surface area contributed by atoms with E-state index in [0.29, 0.717) is 12.2 Å². The Balaban J connectivity index is 1.82. The summed E-state index contributed by atoms with van der Waals surface area (Å²) in [5.41, 5.74) is 2.55. The molecule has 1 saturated heterocycles. The molecule has 4 heteroatoms. The molecule has 0 amide bonds. The Hall–Kier alpha value is -1.13. The number of unbranched alkanes of at least 4 members (excludes halogenated alkanes) is 1. The van der Waals surface area contributed by atoms with Crippen LogP contribution in [0.1, 0.15) is 37.3 Å². The predicted octanol–water partition coefficient (Wildman–Crippen LogP) is 2.97. The van der Waals surface area contributed by atoms with E-state index in [2.05, 4.69) is 35.9 Å². The van der Waals surface area contributed by atoms with Gasteiger partial charge in [0.1, 0.15) is 6.29 Å². The van der Waals surface area contributed by atoms with Crippen molar-refractivity contribution in [3.63, 3.8) is 0 Å². The third-order valence-corrected chi connectivity index (χ3v) is 4.91. The molecule has 1 N–H and O–H groups in total. The topological polar surface area (TPSA) is 46.2 Å². The second kappa shape index (κ2) is 8.35. The summed E-state index contributed by atoms with van der Waals surface area (Å²) in [6.07, 6.45) is 5.70. The van der Waals surface area contributed by atoms with Crippen LogP contribution in [0.4, 0.5) is 0 Å². The molecule has 1 heterocycles. The highest BCUT2D eigenvalue weighted by Gasteiger charge is 2.32. The number of nitrogens with one attached hydrogen (secondary N) is 1. The molecule has 1 fully saturated rings. The third-order valence-electron chi connectivity index (χ3n) is 3.94. The number of ketones is 1. The molecule has 1 aliphatic rings. The van der Waals surface area contributed by atoms with E-state index in [0.717, 1.165) is 19.1 Å². The summed E-state index contributed by atoms with van der Waals surface area (Å²) in [6, 6.07) is 8.26. The Morgan fingerprint density at radius 1 is 1.29 bits per heavy atom. The van der Waals surface area contributed by atoms with Crippen LogP contribution in [0.5, 0.6) is 0 Å². The molecule has 0 radical (unpaired) electrons. The first-order valence-electron chi connectivity index (χ1n) is 7.67. The van der Waals surface area contributed by atoms with Crippen LogP contribution < -0.4 is 4.72 Å². The highest BCUT2D eigenvalue weighted by Crippen LogP contribution is 2.21. The van der Waals surface area contributed by atoms with Crippen LogP contribution in [0.25, 0.3) is 0 Å². The van der Waals surface area contributed by atoms with Crippen LogP contribution in [0.3, 0.4) is 0 Å². The lowest BCUT2D eigenvalue weighted by atomic mass is 9.95. The number of hydrogen-bond donors (Lipinski definition) is 1. The molecular formula is C17H23NO2S. The van der Waals surface area contributed by atoms with Gasteiger partial charge in [0.2, 0.25) is 0 Å². The second-order valence-electron chi connectivity index (χ2n) is 5.59. The molecule has 21 heavy (non-hydrogen) atoms. The van der Waals surface area contributed by atoms with Gasteiger partial charge in [-0.15, -0.1) is 0 Å². The predicted molar refractivity (Wildman–Crippen MR) is 87.3 cm³/mol. The number of hydrogen-bond acceptors (Lipinski definition) is 4. The Labute approximate surface area is 131 Å². The molecule has 1 unspecified atom stereocenters. The van der Waals surface area contributed by atoms with Crippen LogP contribution >= 0.6 is 11.9 Å². The van der Waals surface area contributed by atoms with E-state index in [9.17, 15) is 9.59 Å². The summed E-state index contributed by atoms with van der Waals surface area (Å²) in [5.74, 6) is 0.678. The number of Topliss-reactive ketones (excluding diaryl/α,β-unsaturated/α-hetero) is 1. The number of carbonyl (C=O) groups excluding carboxylic acids is 2. The van der Waals surface area contributed by atoms with Crippen molar-refractivity contribution < 1.29 is 9.59 Å². The van der Waals surface area contributed by atoms with Gasteiger partial charge < -0.3 is 4.79 Å². The standard InChI is InChI=1S/C17H23NO2S/c1-2-3-4-13-5-7-14(8-6-13)9-10-16(20)17-15(11-19)12-21-18-17/h5-8,11,15,17-18H,2-4,9-10,12H2,1H3/t15-,17?/m1/s1. The molecule has 0 bridgehead atoms. The van der Waals surface area contributed by atoms with E-state index in [1.807, 2.05) is 0 Å². The summed E-state index contributed by atoms with van der Waals surface area (Å²) in [6.45, 7) is 2.20. The molecule has 0 aliphatic carbocycles. The van der Waals surface area contributed by atoms with Crippen molar-refractivity contribution in [1.82, 2.24) is 4.72 Å². The van der Waals surface area contributed by atoms with Crippen LogP contribution in [-0.2, 0) is 22.4 Å². The number of carbonyl (C=O) groups is 2. The number of benzene rings is 1. The van der Waals surface area contributed by atoms with Gasteiger partial charge in [-0.05, 0) is 30.4 Å². The fraction of sp³-hybridized carbons (Fsp3) is 0.529. The van der Waals surface area contributed by atoms with Crippen molar-refractivity contribution >= 4 is 24.0 Å². The van der Waals surface area contributed by atoms with Crippen LogP contribution in [-0.4, -0.2) is 23.9 Å². The highest BCUT2D eigenvalue weighted by molar-refractivity contribution is 7.97. The molecule has 1 aromatic carbocycles. The van der Waals surface area contributed by atoms with Gasteiger partial charge in [0, 0.05) is 18.1 Å². The third kappa shape index (κ3) is 4.68. The zero-order chi connectivity index (χ0) is 15.1. The quantitative estimate of drug-likeness (QED) is 0.592. The van der Waals surface area contributed by atoms with E-state index in [1.54, 1.807) is 0 Å². The van der Waals surface area contributed by atoms with Crippen LogP contribution in [0.15, 0.2) is 24.3 Å². The summed E-state index contributed by atoms with van der Waals surface area (Å²) >= 11 is 1.47. The van der Waals surface area contributed by atoms with Gasteiger partial charge in [-0.25, -0.2) is 0 Å². The highest BCUT2D eigenvalue weighted by atomic mass is 32.2. The molecule has 0 spiro atoms. The largest absolute Gasteiger partial charge is 0.303 e. The van der Waals surface area contributed by atoms with Gasteiger partial charge >= 0.3 is 0 Å². The minimum atomic E-state index is -0.295. The minimum Gasteiger partial charge on any atom is -0.303 e. The van der Waals surface area contributed by atoms with Crippen LogP contribution in [0, 0.1) is 5.92 Å². The first-order valence-corrected chi connectivity index (χ1v) is 8.66. The molecule has 2 atom stereocenters. The lowest BCUT2D eigenvalue weighted by molar-refractivity contribution is -0.124. The molecule has 2 rings (SSSR count). The molecule has 1 aliphatic heterocycles. The first-order chi connectivity index (χ1) is 10.2. The average molecular weight is 305 g/mol. The van der Waals surface area contributed by atoms with Crippen molar-refractivity contribution in [2.75, 3.05) is 5.75 Å². The fourth-order valence-corrected chi connectivity index (χ4v) is 3.56. The Morgan fingerprint density at radius 3 is 2.57 bits per heavy atom. The van der Waals surface area contributed by atoms with E-state index < -0.39 is 0 Å². The maximum absolute atomic E-state index is 12.2. The van der Waals surface area contributed by atoms with E-state index >= 15 is 0 Å². The second-order valence-corrected chi connectivity index (χ2v) is 6.45. The lowest BCUT2D eigenvalue weighted by Gasteiger charge is -2.12. The summed E-state index contributed by atoms with van der Waals surface area (Å²) in [4.78, 5) is 23.1. The molecule has 0 aromatic heterocycles. The maximum atomic E-state index is 12.2. The Morgan fingerprint density at radius 2 is 1.95 bits per heavy atom. The summed E-state index contributed by atoms with van der Waals surface area (Å²) < 4.78 is 3.06. The summed E-state index contributed by atoms with van der Waals surface area (Å²) in [7, 11) is 0. The lowest BCUT2D eigenvalue weighted by Crippen LogP contribution is -2.35. The SMILES string of the molecule is CCCCc1ccc(CCC(=O)C2NSC[C@H]2C=O)cc1. The summed E-state index contributed by atoms with van der Waals surface area (Å²) in [5, 5.41) is 0.